The summed E-state index contributed by atoms with van der Waals surface area (Å²) in [5.74, 6) is 0.365. The fraction of sp³-hybridized carbons (Fsp3) is 0.471. The van der Waals surface area contributed by atoms with Crippen molar-refractivity contribution in [2.75, 3.05) is 13.2 Å². The normalized spacial score (nSPS) is 14.3. The van der Waals surface area contributed by atoms with Crippen LogP contribution in [0.25, 0.3) is 0 Å². The molecule has 0 spiro atoms. The maximum atomic E-state index is 11.6. The Bertz CT molecular complexity index is 577. The molecule has 6 heteroatoms. The van der Waals surface area contributed by atoms with Gasteiger partial charge in [-0.15, -0.1) is 0 Å². The first kappa shape index (κ1) is 17.0. The van der Waals surface area contributed by atoms with Gasteiger partial charge in [-0.25, -0.2) is 10.2 Å². The van der Waals surface area contributed by atoms with Gasteiger partial charge in [0.25, 0.3) is 5.91 Å². The smallest absolute Gasteiger partial charge is 0.338 e. The van der Waals surface area contributed by atoms with E-state index in [9.17, 15) is 9.59 Å². The van der Waals surface area contributed by atoms with E-state index in [1.165, 1.54) is 0 Å². The van der Waals surface area contributed by atoms with Gasteiger partial charge < -0.3 is 9.47 Å². The molecule has 1 aliphatic carbocycles. The highest BCUT2D eigenvalue weighted by Gasteiger charge is 2.24. The molecule has 2 rings (SSSR count). The van der Waals surface area contributed by atoms with E-state index in [0.29, 0.717) is 23.8 Å². The molecule has 1 saturated carbocycles. The molecular weight excluding hydrogens is 296 g/mol. The molecule has 1 fully saturated rings. The van der Waals surface area contributed by atoms with Crippen LogP contribution in [0, 0.1) is 5.92 Å². The molecule has 23 heavy (non-hydrogen) atoms. The fourth-order valence-electron chi connectivity index (χ4n) is 1.89. The van der Waals surface area contributed by atoms with Crippen molar-refractivity contribution in [2.45, 2.75) is 33.1 Å². The molecule has 0 aromatic heterocycles. The molecule has 124 valence electrons. The van der Waals surface area contributed by atoms with Crippen molar-refractivity contribution < 1.29 is 19.1 Å². The number of rotatable bonds is 8. The standard InChI is InChI=1S/C17H22N2O4/c1-3-10-22-17(21)14-6-8-15(9-7-14)23-11-16(20)19-18-12(2)13-4-5-13/h6-9,13H,3-5,10-11H2,1-2H3,(H,19,20)/b18-12+. The molecular formula is C17H22N2O4. The van der Waals surface area contributed by atoms with Crippen molar-refractivity contribution in [1.29, 1.82) is 0 Å². The molecule has 0 bridgehead atoms. The summed E-state index contributed by atoms with van der Waals surface area (Å²) in [7, 11) is 0. The first-order valence-corrected chi connectivity index (χ1v) is 7.83. The average Bonchev–Trinajstić information content (AvgIpc) is 3.41. The van der Waals surface area contributed by atoms with E-state index >= 15 is 0 Å². The van der Waals surface area contributed by atoms with E-state index in [4.69, 9.17) is 9.47 Å². The molecule has 1 aromatic rings. The second kappa shape index (κ2) is 8.31. The van der Waals surface area contributed by atoms with Crippen LogP contribution in [0.1, 0.15) is 43.5 Å². The molecule has 0 aliphatic heterocycles. The van der Waals surface area contributed by atoms with E-state index < -0.39 is 0 Å². The molecule has 6 nitrogen and oxygen atoms in total. The van der Waals surface area contributed by atoms with Gasteiger partial charge >= 0.3 is 5.97 Å². The van der Waals surface area contributed by atoms with E-state index in [1.54, 1.807) is 24.3 Å². The van der Waals surface area contributed by atoms with Crippen LogP contribution in [0.2, 0.25) is 0 Å². The van der Waals surface area contributed by atoms with Crippen LogP contribution in [-0.2, 0) is 9.53 Å². The lowest BCUT2D eigenvalue weighted by atomic mass is 10.2. The Morgan fingerprint density at radius 3 is 2.57 bits per heavy atom. The summed E-state index contributed by atoms with van der Waals surface area (Å²) in [6.45, 7) is 4.12. The Labute approximate surface area is 135 Å². The Hall–Kier alpha value is -2.37. The van der Waals surface area contributed by atoms with Gasteiger partial charge in [-0.2, -0.15) is 5.10 Å². The predicted molar refractivity (Wildman–Crippen MR) is 86.5 cm³/mol. The van der Waals surface area contributed by atoms with Gasteiger partial charge in [0.2, 0.25) is 0 Å². The molecule has 1 N–H and O–H groups in total. The van der Waals surface area contributed by atoms with E-state index in [2.05, 4.69) is 10.5 Å². The van der Waals surface area contributed by atoms with E-state index in [-0.39, 0.29) is 18.5 Å². The van der Waals surface area contributed by atoms with Crippen LogP contribution in [0.5, 0.6) is 5.75 Å². The zero-order valence-electron chi connectivity index (χ0n) is 13.5. The number of hydrogen-bond donors (Lipinski definition) is 1. The minimum Gasteiger partial charge on any atom is -0.484 e. The second-order valence-corrected chi connectivity index (χ2v) is 5.51. The van der Waals surface area contributed by atoms with E-state index in [0.717, 1.165) is 25.0 Å². The van der Waals surface area contributed by atoms with Gasteiger partial charge in [0, 0.05) is 5.71 Å². The molecule has 0 atom stereocenters. The van der Waals surface area contributed by atoms with Gasteiger partial charge in [0.05, 0.1) is 12.2 Å². The highest BCUT2D eigenvalue weighted by molar-refractivity contribution is 5.89. The number of ether oxygens (including phenoxy) is 2. The number of hydrazone groups is 1. The van der Waals surface area contributed by atoms with Gasteiger partial charge in [0.1, 0.15) is 5.75 Å². The Balaban J connectivity index is 1.75. The molecule has 0 heterocycles. The molecule has 0 radical (unpaired) electrons. The summed E-state index contributed by atoms with van der Waals surface area (Å²) >= 11 is 0. The molecule has 1 aliphatic rings. The van der Waals surface area contributed by atoms with E-state index in [1.807, 2.05) is 13.8 Å². The fourth-order valence-corrected chi connectivity index (χ4v) is 1.89. The number of nitrogens with zero attached hydrogens (tertiary/aromatic N) is 1. The maximum absolute atomic E-state index is 11.6. The van der Waals surface area contributed by atoms with Crippen LogP contribution in [0.4, 0.5) is 0 Å². The van der Waals surface area contributed by atoms with Crippen molar-refractivity contribution in [3.63, 3.8) is 0 Å². The Kier molecular flexibility index (Phi) is 6.14. The number of hydrogen-bond acceptors (Lipinski definition) is 5. The number of benzene rings is 1. The molecule has 0 saturated heterocycles. The maximum Gasteiger partial charge on any atom is 0.338 e. The number of carbonyl (C=O) groups excluding carboxylic acids is 2. The molecule has 1 aromatic carbocycles. The third-order valence-electron chi connectivity index (χ3n) is 3.42. The quantitative estimate of drug-likeness (QED) is 0.454. The molecule has 1 amide bonds. The highest BCUT2D eigenvalue weighted by Crippen LogP contribution is 2.30. The summed E-state index contributed by atoms with van der Waals surface area (Å²) in [5.41, 5.74) is 3.89. The summed E-state index contributed by atoms with van der Waals surface area (Å²) in [6.07, 6.45) is 3.08. The largest absolute Gasteiger partial charge is 0.484 e. The summed E-state index contributed by atoms with van der Waals surface area (Å²) < 4.78 is 10.4. The van der Waals surface area contributed by atoms with Gasteiger partial charge in [-0.1, -0.05) is 6.92 Å². The van der Waals surface area contributed by atoms with Crippen molar-refractivity contribution >= 4 is 17.6 Å². The van der Waals surface area contributed by atoms with Gasteiger partial charge in [0.15, 0.2) is 6.61 Å². The Morgan fingerprint density at radius 2 is 1.96 bits per heavy atom. The van der Waals surface area contributed by atoms with Crippen LogP contribution < -0.4 is 10.2 Å². The highest BCUT2D eigenvalue weighted by atomic mass is 16.5. The molecule has 0 unspecified atom stereocenters. The Morgan fingerprint density at radius 1 is 1.26 bits per heavy atom. The zero-order valence-corrected chi connectivity index (χ0v) is 13.5. The second-order valence-electron chi connectivity index (χ2n) is 5.51. The first-order valence-electron chi connectivity index (χ1n) is 7.83. The lowest BCUT2D eigenvalue weighted by molar-refractivity contribution is -0.123. The number of carbonyl (C=O) groups is 2. The summed E-state index contributed by atoms with van der Waals surface area (Å²) in [4.78, 5) is 23.3. The van der Waals surface area contributed by atoms with Crippen LogP contribution in [0.3, 0.4) is 0 Å². The van der Waals surface area contributed by atoms with Crippen molar-refractivity contribution in [3.8, 4) is 5.75 Å². The topological polar surface area (TPSA) is 77.0 Å². The number of amides is 1. The minimum absolute atomic E-state index is 0.124. The van der Waals surface area contributed by atoms with Crippen molar-refractivity contribution in [3.05, 3.63) is 29.8 Å². The lowest BCUT2D eigenvalue weighted by Gasteiger charge is -2.07. The van der Waals surface area contributed by atoms with Crippen LogP contribution >= 0.6 is 0 Å². The summed E-state index contributed by atoms with van der Waals surface area (Å²) in [6, 6.07) is 6.49. The monoisotopic (exact) mass is 318 g/mol. The number of esters is 1. The number of nitrogens with one attached hydrogen (secondary N) is 1. The lowest BCUT2D eigenvalue weighted by Crippen LogP contribution is -2.25. The first-order chi connectivity index (χ1) is 11.1. The predicted octanol–water partition coefficient (Wildman–Crippen LogP) is 2.53. The average molecular weight is 318 g/mol. The van der Waals surface area contributed by atoms with Crippen molar-refractivity contribution in [1.82, 2.24) is 5.43 Å². The third kappa shape index (κ3) is 5.73. The third-order valence-corrected chi connectivity index (χ3v) is 3.42. The van der Waals surface area contributed by atoms with Gasteiger partial charge in [-0.05, 0) is 56.4 Å². The van der Waals surface area contributed by atoms with Crippen molar-refractivity contribution in [2.24, 2.45) is 11.0 Å². The summed E-state index contributed by atoms with van der Waals surface area (Å²) in [5, 5.41) is 4.04. The zero-order chi connectivity index (χ0) is 16.7. The van der Waals surface area contributed by atoms with Crippen LogP contribution in [0.15, 0.2) is 29.4 Å². The van der Waals surface area contributed by atoms with Crippen LogP contribution in [-0.4, -0.2) is 30.8 Å². The van der Waals surface area contributed by atoms with Gasteiger partial charge in [-0.3, -0.25) is 4.79 Å². The minimum atomic E-state index is -0.360. The SMILES string of the molecule is CCCOC(=O)c1ccc(OCC(=O)N/N=C(\C)C2CC2)cc1.